The van der Waals surface area contributed by atoms with E-state index in [1.807, 2.05) is 20.6 Å². The Balaban J connectivity index is 0. The van der Waals surface area contributed by atoms with Crippen molar-refractivity contribution in [3.63, 3.8) is 0 Å². The molecular formula is C9H22N2O. The molecule has 1 aliphatic heterocycles. The van der Waals surface area contributed by atoms with Crippen molar-refractivity contribution in [2.45, 2.75) is 32.7 Å². The van der Waals surface area contributed by atoms with Gasteiger partial charge in [-0.05, 0) is 33.0 Å². The lowest BCUT2D eigenvalue weighted by molar-refractivity contribution is -0.0979. The fourth-order valence-electron chi connectivity index (χ4n) is 1.03. The van der Waals surface area contributed by atoms with Gasteiger partial charge in [0.15, 0.2) is 0 Å². The molecule has 1 heterocycles. The minimum atomic E-state index is 0.478. The van der Waals surface area contributed by atoms with E-state index in [0.29, 0.717) is 6.04 Å². The molecule has 0 aliphatic carbocycles. The highest BCUT2D eigenvalue weighted by Crippen LogP contribution is 2.04. The molecule has 74 valence electrons. The SMILES string of the molecule is C=O.CC.CN1CCC(N)CC1. The molecule has 0 saturated carbocycles. The zero-order chi connectivity index (χ0) is 9.98. The molecule has 0 aromatic heterocycles. The Kier molecular flexibility index (Phi) is 12.5. The number of nitrogens with zero attached hydrogens (tertiary/aromatic N) is 1. The first-order valence-electron chi connectivity index (χ1n) is 4.52. The molecule has 12 heavy (non-hydrogen) atoms. The van der Waals surface area contributed by atoms with Crippen LogP contribution in [0.5, 0.6) is 0 Å². The third-order valence-electron chi connectivity index (χ3n) is 1.76. The zero-order valence-corrected chi connectivity index (χ0v) is 8.55. The van der Waals surface area contributed by atoms with E-state index >= 15 is 0 Å². The number of likely N-dealkylation sites (tertiary alicyclic amines) is 1. The predicted octanol–water partition coefficient (Wildman–Crippen LogP) is 0.881. The fraction of sp³-hybridized carbons (Fsp3) is 0.889. The van der Waals surface area contributed by atoms with Crippen molar-refractivity contribution in [2.75, 3.05) is 20.1 Å². The monoisotopic (exact) mass is 174 g/mol. The summed E-state index contributed by atoms with van der Waals surface area (Å²) in [6.07, 6.45) is 2.35. The lowest BCUT2D eigenvalue weighted by Gasteiger charge is -2.25. The number of piperidine rings is 1. The van der Waals surface area contributed by atoms with Crippen molar-refractivity contribution in [2.24, 2.45) is 5.73 Å². The molecule has 0 aromatic rings. The lowest BCUT2D eigenvalue weighted by atomic mass is 10.1. The maximum absolute atomic E-state index is 8.00. The van der Waals surface area contributed by atoms with Crippen LogP contribution in [0, 0.1) is 0 Å². The number of hydrogen-bond donors (Lipinski definition) is 1. The average Bonchev–Trinajstić information content (AvgIpc) is 2.17. The van der Waals surface area contributed by atoms with Crippen LogP contribution in [-0.4, -0.2) is 37.9 Å². The molecule has 1 aliphatic rings. The van der Waals surface area contributed by atoms with Crippen molar-refractivity contribution in [3.8, 4) is 0 Å². The molecule has 1 fully saturated rings. The molecule has 0 spiro atoms. The van der Waals surface area contributed by atoms with Crippen LogP contribution in [0.15, 0.2) is 0 Å². The van der Waals surface area contributed by atoms with Crippen LogP contribution < -0.4 is 5.73 Å². The van der Waals surface area contributed by atoms with Gasteiger partial charge in [0.25, 0.3) is 0 Å². The summed E-state index contributed by atoms with van der Waals surface area (Å²) in [4.78, 5) is 10.3. The van der Waals surface area contributed by atoms with E-state index in [2.05, 4.69) is 11.9 Å². The highest BCUT2D eigenvalue weighted by molar-refractivity contribution is 5.10. The minimum Gasteiger partial charge on any atom is -0.328 e. The summed E-state index contributed by atoms with van der Waals surface area (Å²) >= 11 is 0. The van der Waals surface area contributed by atoms with Gasteiger partial charge < -0.3 is 15.4 Å². The summed E-state index contributed by atoms with van der Waals surface area (Å²) in [6.45, 7) is 8.36. The van der Waals surface area contributed by atoms with E-state index in [-0.39, 0.29) is 0 Å². The Bertz CT molecular complexity index is 70.6. The largest absolute Gasteiger partial charge is 0.328 e. The molecule has 2 N–H and O–H groups in total. The van der Waals surface area contributed by atoms with E-state index in [1.165, 1.54) is 25.9 Å². The maximum atomic E-state index is 8.00. The highest BCUT2D eigenvalue weighted by atomic mass is 16.1. The first kappa shape index (κ1) is 14.1. The molecule has 0 aromatic carbocycles. The van der Waals surface area contributed by atoms with Crippen LogP contribution in [-0.2, 0) is 4.79 Å². The van der Waals surface area contributed by atoms with Crippen LogP contribution in [0.1, 0.15) is 26.7 Å². The maximum Gasteiger partial charge on any atom is 0.106 e. The Morgan fingerprint density at radius 3 is 1.83 bits per heavy atom. The van der Waals surface area contributed by atoms with Gasteiger partial charge in [0.2, 0.25) is 0 Å². The first-order valence-corrected chi connectivity index (χ1v) is 4.52. The molecule has 1 saturated heterocycles. The minimum absolute atomic E-state index is 0.478. The summed E-state index contributed by atoms with van der Waals surface area (Å²) < 4.78 is 0. The topological polar surface area (TPSA) is 46.3 Å². The van der Waals surface area contributed by atoms with E-state index in [9.17, 15) is 0 Å². The molecule has 0 atom stereocenters. The van der Waals surface area contributed by atoms with Gasteiger partial charge >= 0.3 is 0 Å². The predicted molar refractivity (Wildman–Crippen MR) is 53.2 cm³/mol. The van der Waals surface area contributed by atoms with Crippen LogP contribution in [0.3, 0.4) is 0 Å². The fourth-order valence-corrected chi connectivity index (χ4v) is 1.03. The molecule has 0 bridgehead atoms. The van der Waals surface area contributed by atoms with Gasteiger partial charge in [-0.15, -0.1) is 0 Å². The second-order valence-electron chi connectivity index (χ2n) is 2.64. The van der Waals surface area contributed by atoms with Crippen molar-refractivity contribution in [1.82, 2.24) is 4.90 Å². The molecule has 3 heteroatoms. The quantitative estimate of drug-likeness (QED) is 0.593. The second-order valence-corrected chi connectivity index (χ2v) is 2.64. The normalized spacial score (nSPS) is 18.3. The van der Waals surface area contributed by atoms with Gasteiger partial charge in [-0.2, -0.15) is 0 Å². The molecule has 3 nitrogen and oxygen atoms in total. The van der Waals surface area contributed by atoms with Gasteiger partial charge in [0.05, 0.1) is 0 Å². The number of rotatable bonds is 0. The highest BCUT2D eigenvalue weighted by Gasteiger charge is 2.10. The summed E-state index contributed by atoms with van der Waals surface area (Å²) in [6, 6.07) is 0.478. The molecule has 0 radical (unpaired) electrons. The number of nitrogens with two attached hydrogens (primary N) is 1. The lowest BCUT2D eigenvalue weighted by Crippen LogP contribution is -2.37. The van der Waals surface area contributed by atoms with Crippen molar-refractivity contribution in [1.29, 1.82) is 0 Å². The third-order valence-corrected chi connectivity index (χ3v) is 1.76. The van der Waals surface area contributed by atoms with E-state index in [1.54, 1.807) is 0 Å². The summed E-state index contributed by atoms with van der Waals surface area (Å²) in [5.74, 6) is 0. The number of carbonyl (C=O) groups excluding carboxylic acids is 1. The van der Waals surface area contributed by atoms with Crippen molar-refractivity contribution in [3.05, 3.63) is 0 Å². The van der Waals surface area contributed by atoms with Crippen LogP contribution >= 0.6 is 0 Å². The standard InChI is InChI=1S/C6H14N2.C2H6.CH2O/c1-8-4-2-6(7)3-5-8;2*1-2/h6H,2-5,7H2,1H3;1-2H3;1H2. The van der Waals surface area contributed by atoms with Crippen molar-refractivity contribution >= 4 is 6.79 Å². The zero-order valence-electron chi connectivity index (χ0n) is 8.55. The summed E-state index contributed by atoms with van der Waals surface area (Å²) in [5.41, 5.74) is 5.67. The third kappa shape index (κ3) is 7.69. The van der Waals surface area contributed by atoms with Gasteiger partial charge in [-0.1, -0.05) is 13.8 Å². The van der Waals surface area contributed by atoms with Crippen LogP contribution in [0.25, 0.3) is 0 Å². The Hall–Kier alpha value is -0.410. The molecule has 1 rings (SSSR count). The molecule has 0 unspecified atom stereocenters. The van der Waals surface area contributed by atoms with Crippen molar-refractivity contribution < 1.29 is 4.79 Å². The first-order chi connectivity index (χ1) is 5.79. The average molecular weight is 174 g/mol. The second kappa shape index (κ2) is 10.6. The smallest absolute Gasteiger partial charge is 0.106 e. The molecule has 0 amide bonds. The number of hydrogen-bond acceptors (Lipinski definition) is 3. The molecular weight excluding hydrogens is 152 g/mol. The Morgan fingerprint density at radius 2 is 1.58 bits per heavy atom. The summed E-state index contributed by atoms with van der Waals surface area (Å²) in [7, 11) is 2.14. The van der Waals surface area contributed by atoms with Crippen LogP contribution in [0.4, 0.5) is 0 Å². The van der Waals surface area contributed by atoms with Gasteiger partial charge in [-0.25, -0.2) is 0 Å². The summed E-state index contributed by atoms with van der Waals surface area (Å²) in [5, 5.41) is 0. The van der Waals surface area contributed by atoms with Gasteiger partial charge in [0.1, 0.15) is 6.79 Å². The number of carbonyl (C=O) groups is 1. The Morgan fingerprint density at radius 1 is 1.25 bits per heavy atom. The van der Waals surface area contributed by atoms with E-state index in [4.69, 9.17) is 10.5 Å². The van der Waals surface area contributed by atoms with E-state index in [0.717, 1.165) is 0 Å². The Labute approximate surface area is 75.9 Å². The van der Waals surface area contributed by atoms with Crippen LogP contribution in [0.2, 0.25) is 0 Å². The van der Waals surface area contributed by atoms with Gasteiger partial charge in [-0.3, -0.25) is 0 Å². The van der Waals surface area contributed by atoms with E-state index < -0.39 is 0 Å². The van der Waals surface area contributed by atoms with Gasteiger partial charge in [0, 0.05) is 6.04 Å².